The molecular formula is C14H28N2O. The van der Waals surface area contributed by atoms with E-state index in [9.17, 15) is 0 Å². The molecule has 17 heavy (non-hydrogen) atoms. The van der Waals surface area contributed by atoms with Crippen LogP contribution in [0.25, 0.3) is 0 Å². The lowest BCUT2D eigenvalue weighted by Gasteiger charge is -2.44. The van der Waals surface area contributed by atoms with Crippen molar-refractivity contribution in [1.82, 2.24) is 10.2 Å². The van der Waals surface area contributed by atoms with E-state index in [2.05, 4.69) is 17.1 Å². The minimum absolute atomic E-state index is 0.196. The number of rotatable bonds is 5. The Morgan fingerprint density at radius 3 is 2.76 bits per heavy atom. The summed E-state index contributed by atoms with van der Waals surface area (Å²) in [5.74, 6) is 0. The maximum Gasteiger partial charge on any atom is 0.0805 e. The first-order valence-corrected chi connectivity index (χ1v) is 7.29. The average Bonchev–Trinajstić information content (AvgIpc) is 2.49. The molecule has 0 radical (unpaired) electrons. The van der Waals surface area contributed by atoms with Crippen molar-refractivity contribution < 1.29 is 4.74 Å². The van der Waals surface area contributed by atoms with Gasteiger partial charge in [-0.3, -0.25) is 4.90 Å². The summed E-state index contributed by atoms with van der Waals surface area (Å²) in [6.07, 6.45) is 7.72. The molecule has 0 amide bonds. The van der Waals surface area contributed by atoms with E-state index in [0.717, 1.165) is 6.54 Å². The second-order valence-corrected chi connectivity index (χ2v) is 5.77. The van der Waals surface area contributed by atoms with Gasteiger partial charge in [-0.1, -0.05) is 13.3 Å². The fraction of sp³-hybridized carbons (Fsp3) is 1.00. The zero-order valence-corrected chi connectivity index (χ0v) is 11.5. The fourth-order valence-electron chi connectivity index (χ4n) is 3.17. The molecule has 2 aliphatic rings. The number of ether oxygens (including phenoxy) is 1. The van der Waals surface area contributed by atoms with Crippen LogP contribution < -0.4 is 5.32 Å². The van der Waals surface area contributed by atoms with Gasteiger partial charge < -0.3 is 10.1 Å². The van der Waals surface area contributed by atoms with Crippen LogP contribution in [0, 0.1) is 0 Å². The summed E-state index contributed by atoms with van der Waals surface area (Å²) >= 11 is 0. The smallest absolute Gasteiger partial charge is 0.0805 e. The molecule has 1 saturated carbocycles. The number of methoxy groups -OCH3 is 1. The highest BCUT2D eigenvalue weighted by Gasteiger charge is 2.38. The molecule has 2 rings (SSSR count). The number of nitrogens with zero attached hydrogens (tertiary/aromatic N) is 1. The van der Waals surface area contributed by atoms with Gasteiger partial charge in [0.15, 0.2) is 0 Å². The Hall–Kier alpha value is -0.120. The van der Waals surface area contributed by atoms with E-state index in [1.807, 2.05) is 7.11 Å². The first-order valence-electron chi connectivity index (χ1n) is 7.29. The molecule has 1 heterocycles. The van der Waals surface area contributed by atoms with Crippen molar-refractivity contribution in [3.63, 3.8) is 0 Å². The molecule has 0 spiro atoms. The van der Waals surface area contributed by atoms with Gasteiger partial charge in [0.1, 0.15) is 0 Å². The molecule has 3 nitrogen and oxygen atoms in total. The van der Waals surface area contributed by atoms with Crippen molar-refractivity contribution in [2.45, 2.75) is 57.1 Å². The highest BCUT2D eigenvalue weighted by atomic mass is 16.5. The maximum absolute atomic E-state index is 5.75. The topological polar surface area (TPSA) is 24.5 Å². The molecule has 100 valence electrons. The van der Waals surface area contributed by atoms with Crippen LogP contribution in [0.3, 0.4) is 0 Å². The lowest BCUT2D eigenvalue weighted by molar-refractivity contribution is -0.0915. The molecule has 1 saturated heterocycles. The minimum atomic E-state index is 0.196. The van der Waals surface area contributed by atoms with E-state index in [4.69, 9.17) is 4.74 Å². The minimum Gasteiger partial charge on any atom is -0.377 e. The summed E-state index contributed by atoms with van der Waals surface area (Å²) in [6.45, 7) is 7.04. The molecule has 1 aliphatic heterocycles. The summed E-state index contributed by atoms with van der Waals surface area (Å²) < 4.78 is 5.75. The van der Waals surface area contributed by atoms with Crippen molar-refractivity contribution in [2.75, 3.05) is 33.3 Å². The lowest BCUT2D eigenvalue weighted by atomic mass is 9.79. The van der Waals surface area contributed by atoms with Gasteiger partial charge >= 0.3 is 0 Å². The third kappa shape index (κ3) is 3.43. The van der Waals surface area contributed by atoms with Gasteiger partial charge in [0.05, 0.1) is 5.60 Å². The predicted octanol–water partition coefficient (Wildman–Crippen LogP) is 2.02. The fourth-order valence-corrected chi connectivity index (χ4v) is 3.17. The van der Waals surface area contributed by atoms with Crippen LogP contribution in [-0.4, -0.2) is 49.8 Å². The first-order chi connectivity index (χ1) is 8.28. The third-order valence-electron chi connectivity index (χ3n) is 4.41. The lowest BCUT2D eigenvalue weighted by Crippen LogP contribution is -2.51. The van der Waals surface area contributed by atoms with Gasteiger partial charge in [0.2, 0.25) is 0 Å². The van der Waals surface area contributed by atoms with Crippen LogP contribution >= 0.6 is 0 Å². The number of hydrogen-bond donors (Lipinski definition) is 1. The van der Waals surface area contributed by atoms with Crippen LogP contribution in [0.5, 0.6) is 0 Å². The summed E-state index contributed by atoms with van der Waals surface area (Å²) in [5.41, 5.74) is 0.196. The largest absolute Gasteiger partial charge is 0.377 e. The summed E-state index contributed by atoms with van der Waals surface area (Å²) in [6, 6.07) is 0.691. The van der Waals surface area contributed by atoms with E-state index < -0.39 is 0 Å². The van der Waals surface area contributed by atoms with Gasteiger partial charge in [-0.2, -0.15) is 0 Å². The standard InChI is InChI=1S/C14H28N2O/c1-3-6-13-11-16(10-5-9-15-13)12-14(17-2)7-4-8-14/h13,15H,3-12H2,1-2H3. The average molecular weight is 240 g/mol. The maximum atomic E-state index is 5.75. The zero-order valence-electron chi connectivity index (χ0n) is 11.5. The molecule has 0 aromatic rings. The van der Waals surface area contributed by atoms with Crippen molar-refractivity contribution in [2.24, 2.45) is 0 Å². The van der Waals surface area contributed by atoms with Crippen LogP contribution in [-0.2, 0) is 4.74 Å². The Morgan fingerprint density at radius 1 is 1.35 bits per heavy atom. The van der Waals surface area contributed by atoms with Crippen molar-refractivity contribution in [3.8, 4) is 0 Å². The zero-order chi connectivity index (χ0) is 12.1. The monoisotopic (exact) mass is 240 g/mol. The molecule has 2 fully saturated rings. The third-order valence-corrected chi connectivity index (χ3v) is 4.41. The van der Waals surface area contributed by atoms with E-state index >= 15 is 0 Å². The Kier molecular flexibility index (Phi) is 4.83. The Bertz CT molecular complexity index is 223. The van der Waals surface area contributed by atoms with Crippen LogP contribution in [0.15, 0.2) is 0 Å². The predicted molar refractivity (Wildman–Crippen MR) is 71.3 cm³/mol. The molecule has 3 heteroatoms. The van der Waals surface area contributed by atoms with E-state index in [-0.39, 0.29) is 5.60 Å². The molecule has 1 atom stereocenters. The summed E-state index contributed by atoms with van der Waals surface area (Å²) in [5, 5.41) is 3.67. The second kappa shape index (κ2) is 6.17. The van der Waals surface area contributed by atoms with Crippen molar-refractivity contribution >= 4 is 0 Å². The Morgan fingerprint density at radius 2 is 2.18 bits per heavy atom. The molecular weight excluding hydrogens is 212 g/mol. The molecule has 1 aliphatic carbocycles. The van der Waals surface area contributed by atoms with Gasteiger partial charge in [-0.05, 0) is 45.2 Å². The first kappa shape index (κ1) is 13.3. The van der Waals surface area contributed by atoms with Gasteiger partial charge in [0, 0.05) is 26.2 Å². The van der Waals surface area contributed by atoms with Crippen LogP contribution in [0.1, 0.15) is 45.4 Å². The van der Waals surface area contributed by atoms with E-state index in [0.29, 0.717) is 6.04 Å². The highest BCUT2D eigenvalue weighted by Crippen LogP contribution is 2.35. The van der Waals surface area contributed by atoms with E-state index in [1.54, 1.807) is 0 Å². The van der Waals surface area contributed by atoms with Crippen molar-refractivity contribution in [1.29, 1.82) is 0 Å². The van der Waals surface area contributed by atoms with Crippen LogP contribution in [0.2, 0.25) is 0 Å². The van der Waals surface area contributed by atoms with Crippen LogP contribution in [0.4, 0.5) is 0 Å². The molecule has 0 aromatic carbocycles. The Labute approximate surface area is 106 Å². The van der Waals surface area contributed by atoms with Gasteiger partial charge in [0.25, 0.3) is 0 Å². The number of nitrogens with one attached hydrogen (secondary N) is 1. The Balaban J connectivity index is 1.85. The van der Waals surface area contributed by atoms with Gasteiger partial charge in [-0.15, -0.1) is 0 Å². The molecule has 1 N–H and O–H groups in total. The second-order valence-electron chi connectivity index (χ2n) is 5.77. The molecule has 0 bridgehead atoms. The number of hydrogen-bond acceptors (Lipinski definition) is 3. The summed E-state index contributed by atoms with van der Waals surface area (Å²) in [4.78, 5) is 2.63. The quantitative estimate of drug-likeness (QED) is 0.795. The normalized spacial score (nSPS) is 29.6. The summed E-state index contributed by atoms with van der Waals surface area (Å²) in [7, 11) is 1.89. The molecule has 1 unspecified atom stereocenters. The van der Waals surface area contributed by atoms with E-state index in [1.165, 1.54) is 58.2 Å². The van der Waals surface area contributed by atoms with Gasteiger partial charge in [-0.25, -0.2) is 0 Å². The SMILES string of the molecule is CCCC1CN(CC2(OC)CCC2)CCCN1. The van der Waals surface area contributed by atoms with Crippen molar-refractivity contribution in [3.05, 3.63) is 0 Å². The highest BCUT2D eigenvalue weighted by molar-refractivity contribution is 4.93. The molecule has 0 aromatic heterocycles.